The van der Waals surface area contributed by atoms with Gasteiger partial charge in [-0.25, -0.2) is 18.2 Å². The van der Waals surface area contributed by atoms with Gasteiger partial charge < -0.3 is 8.83 Å². The maximum atomic E-state index is 12.6. The number of aromatic nitrogens is 2. The molecule has 0 saturated carbocycles. The summed E-state index contributed by atoms with van der Waals surface area (Å²) in [7, 11) is -3.86. The third kappa shape index (κ3) is 2.86. The Morgan fingerprint density at radius 3 is 2.65 bits per heavy atom. The quantitative estimate of drug-likeness (QED) is 0.567. The number of rotatable bonds is 4. The van der Waals surface area contributed by atoms with Gasteiger partial charge in [-0.1, -0.05) is 13.8 Å². The number of hydrogen-bond acceptors (Lipinski definition) is 6. The molecule has 2 N–H and O–H groups in total. The van der Waals surface area contributed by atoms with Crippen molar-refractivity contribution >= 4 is 37.9 Å². The molecule has 4 rings (SSSR count). The van der Waals surface area contributed by atoms with Crippen LogP contribution in [-0.2, 0) is 10.0 Å². The number of sulfonamides is 1. The Hall–Kier alpha value is -3.07. The highest BCUT2D eigenvalue weighted by Gasteiger charge is 2.17. The maximum absolute atomic E-state index is 12.6. The van der Waals surface area contributed by atoms with E-state index in [9.17, 15) is 13.2 Å². The minimum atomic E-state index is -3.86. The van der Waals surface area contributed by atoms with Crippen molar-refractivity contribution in [3.8, 4) is 0 Å². The molecule has 0 aliphatic carbocycles. The van der Waals surface area contributed by atoms with Crippen LogP contribution in [0, 0.1) is 0 Å². The van der Waals surface area contributed by atoms with Crippen LogP contribution in [0.4, 0.5) is 5.69 Å². The minimum Gasteiger partial charge on any atom is -0.440 e. The Kier molecular flexibility index (Phi) is 3.62. The molecule has 0 aliphatic rings. The molecule has 0 unspecified atom stereocenters. The molecular weight excluding hydrogens is 358 g/mol. The SMILES string of the molecule is CC(C)c1nc2ccc(NS(=O)(=O)c3ccc4[nH]c(=O)oc4c3)cc2o1. The van der Waals surface area contributed by atoms with Crippen molar-refractivity contribution in [1.29, 1.82) is 0 Å². The van der Waals surface area contributed by atoms with Crippen LogP contribution < -0.4 is 10.5 Å². The van der Waals surface area contributed by atoms with Gasteiger partial charge in [-0.05, 0) is 24.3 Å². The van der Waals surface area contributed by atoms with Crippen molar-refractivity contribution in [2.24, 2.45) is 0 Å². The van der Waals surface area contributed by atoms with Crippen molar-refractivity contribution < 1.29 is 17.3 Å². The van der Waals surface area contributed by atoms with Gasteiger partial charge in [0.15, 0.2) is 17.1 Å². The fraction of sp³-hybridized carbons (Fsp3) is 0.176. The monoisotopic (exact) mass is 373 g/mol. The van der Waals surface area contributed by atoms with Crippen LogP contribution in [0.15, 0.2) is 54.9 Å². The van der Waals surface area contributed by atoms with Gasteiger partial charge >= 0.3 is 5.76 Å². The van der Waals surface area contributed by atoms with Crippen LogP contribution in [0.3, 0.4) is 0 Å². The predicted molar refractivity (Wildman–Crippen MR) is 95.7 cm³/mol. The molecule has 0 atom stereocenters. The Morgan fingerprint density at radius 1 is 1.08 bits per heavy atom. The number of benzene rings is 2. The summed E-state index contributed by atoms with van der Waals surface area (Å²) in [6, 6.07) is 9.04. The number of H-pyrrole nitrogens is 1. The van der Waals surface area contributed by atoms with E-state index >= 15 is 0 Å². The number of anilines is 1. The molecule has 0 aliphatic heterocycles. The lowest BCUT2D eigenvalue weighted by atomic mass is 10.2. The summed E-state index contributed by atoms with van der Waals surface area (Å²) in [5, 5.41) is 0. The van der Waals surface area contributed by atoms with Gasteiger partial charge in [0.05, 0.1) is 16.1 Å². The smallest absolute Gasteiger partial charge is 0.417 e. The second kappa shape index (κ2) is 5.73. The second-order valence-electron chi connectivity index (χ2n) is 6.17. The van der Waals surface area contributed by atoms with E-state index in [-0.39, 0.29) is 16.4 Å². The molecule has 4 aromatic rings. The molecule has 8 nitrogen and oxygen atoms in total. The van der Waals surface area contributed by atoms with E-state index in [1.807, 2.05) is 13.8 Å². The lowest BCUT2D eigenvalue weighted by molar-refractivity contribution is 0.501. The van der Waals surface area contributed by atoms with E-state index < -0.39 is 15.8 Å². The predicted octanol–water partition coefficient (Wildman–Crippen LogP) is 3.19. The topological polar surface area (TPSA) is 118 Å². The van der Waals surface area contributed by atoms with Crippen molar-refractivity contribution in [3.05, 3.63) is 52.8 Å². The number of nitrogens with zero attached hydrogens (tertiary/aromatic N) is 1. The van der Waals surface area contributed by atoms with Crippen molar-refractivity contribution in [1.82, 2.24) is 9.97 Å². The third-order valence-corrected chi connectivity index (χ3v) is 5.23. The average Bonchev–Trinajstić information content (AvgIpc) is 3.15. The summed E-state index contributed by atoms with van der Waals surface area (Å²) in [5.41, 5.74) is 2.11. The highest BCUT2D eigenvalue weighted by atomic mass is 32.2. The Morgan fingerprint density at radius 2 is 1.88 bits per heavy atom. The summed E-state index contributed by atoms with van der Waals surface area (Å²) in [6.07, 6.45) is 0. The van der Waals surface area contributed by atoms with Gasteiger partial charge in [0.1, 0.15) is 5.52 Å². The van der Waals surface area contributed by atoms with Crippen LogP contribution >= 0.6 is 0 Å². The van der Waals surface area contributed by atoms with E-state index in [2.05, 4.69) is 14.7 Å². The highest BCUT2D eigenvalue weighted by molar-refractivity contribution is 7.92. The van der Waals surface area contributed by atoms with Crippen molar-refractivity contribution in [2.75, 3.05) is 4.72 Å². The largest absolute Gasteiger partial charge is 0.440 e. The molecule has 0 saturated heterocycles. The average molecular weight is 373 g/mol. The molecule has 0 amide bonds. The molecule has 0 spiro atoms. The molecule has 0 bridgehead atoms. The van der Waals surface area contributed by atoms with E-state index in [0.717, 1.165) is 0 Å². The molecule has 2 aromatic heterocycles. The van der Waals surface area contributed by atoms with Gasteiger partial charge in [0.2, 0.25) is 0 Å². The number of nitrogens with one attached hydrogen (secondary N) is 2. The third-order valence-electron chi connectivity index (χ3n) is 3.85. The van der Waals surface area contributed by atoms with Gasteiger partial charge in [-0.15, -0.1) is 0 Å². The summed E-state index contributed by atoms with van der Waals surface area (Å²) >= 11 is 0. The minimum absolute atomic E-state index is 0.0201. The number of aromatic amines is 1. The van der Waals surface area contributed by atoms with Crippen LogP contribution in [0.2, 0.25) is 0 Å². The van der Waals surface area contributed by atoms with E-state index in [0.29, 0.717) is 28.2 Å². The van der Waals surface area contributed by atoms with Crippen LogP contribution in [0.1, 0.15) is 25.7 Å². The maximum Gasteiger partial charge on any atom is 0.417 e. The van der Waals surface area contributed by atoms with Crippen LogP contribution in [0.5, 0.6) is 0 Å². The highest BCUT2D eigenvalue weighted by Crippen LogP contribution is 2.26. The van der Waals surface area contributed by atoms with Crippen molar-refractivity contribution in [2.45, 2.75) is 24.7 Å². The van der Waals surface area contributed by atoms with Gasteiger partial charge in [0.25, 0.3) is 10.0 Å². The summed E-state index contributed by atoms with van der Waals surface area (Å²) < 4.78 is 38.3. The molecule has 2 heterocycles. The normalized spacial score (nSPS) is 12.3. The first-order chi connectivity index (χ1) is 12.3. The zero-order valence-corrected chi connectivity index (χ0v) is 14.8. The van der Waals surface area contributed by atoms with E-state index in [1.54, 1.807) is 18.2 Å². The van der Waals surface area contributed by atoms with E-state index in [1.165, 1.54) is 18.2 Å². The lowest BCUT2D eigenvalue weighted by Gasteiger charge is -2.07. The first-order valence-electron chi connectivity index (χ1n) is 7.88. The fourth-order valence-corrected chi connectivity index (χ4v) is 3.62. The molecule has 0 fully saturated rings. The van der Waals surface area contributed by atoms with Crippen LogP contribution in [-0.4, -0.2) is 18.4 Å². The number of fused-ring (bicyclic) bond motifs is 2. The molecule has 26 heavy (non-hydrogen) atoms. The number of oxazole rings is 2. The fourth-order valence-electron chi connectivity index (χ4n) is 2.56. The summed E-state index contributed by atoms with van der Waals surface area (Å²) in [6.45, 7) is 3.92. The standard InChI is InChI=1S/C17H15N3O5S/c1-9(2)16-18-12-5-3-10(7-14(12)24-16)20-26(22,23)11-4-6-13-15(8-11)25-17(21)19-13/h3-9,20H,1-2H3,(H,19,21). The van der Waals surface area contributed by atoms with Crippen molar-refractivity contribution in [3.63, 3.8) is 0 Å². The Bertz CT molecular complexity index is 1280. The first kappa shape index (κ1) is 16.4. The molecule has 2 aromatic carbocycles. The number of hydrogen-bond donors (Lipinski definition) is 2. The zero-order chi connectivity index (χ0) is 18.5. The molecule has 9 heteroatoms. The first-order valence-corrected chi connectivity index (χ1v) is 9.36. The van der Waals surface area contributed by atoms with Gasteiger partial charge in [-0.3, -0.25) is 9.71 Å². The lowest BCUT2D eigenvalue weighted by Crippen LogP contribution is -2.12. The van der Waals surface area contributed by atoms with Gasteiger partial charge in [-0.2, -0.15) is 0 Å². The van der Waals surface area contributed by atoms with Crippen LogP contribution in [0.25, 0.3) is 22.2 Å². The summed E-state index contributed by atoms with van der Waals surface area (Å²) in [5.74, 6) is 0.0810. The van der Waals surface area contributed by atoms with Gasteiger partial charge in [0, 0.05) is 18.1 Å². The van der Waals surface area contributed by atoms with E-state index in [4.69, 9.17) is 8.83 Å². The molecule has 134 valence electrons. The Labute approximate surface area is 147 Å². The Balaban J connectivity index is 1.69. The second-order valence-corrected chi connectivity index (χ2v) is 7.85. The zero-order valence-electron chi connectivity index (χ0n) is 13.9. The molecular formula is C17H15N3O5S. The summed E-state index contributed by atoms with van der Waals surface area (Å²) in [4.78, 5) is 18.0. The molecule has 0 radical (unpaired) electrons.